The fraction of sp³-hybridized carbons (Fsp3) is 0.593. The molecule has 10 heteroatoms. The molecule has 10 nitrogen and oxygen atoms in total. The highest BCUT2D eigenvalue weighted by Crippen LogP contribution is 2.27. The highest BCUT2D eigenvalue weighted by molar-refractivity contribution is 5.92. The molecule has 0 spiro atoms. The minimum Gasteiger partial charge on any atom is -0.444 e. The number of carbonyl (C=O) groups is 4. The van der Waals surface area contributed by atoms with Crippen LogP contribution in [0.3, 0.4) is 0 Å². The van der Waals surface area contributed by atoms with Gasteiger partial charge in [-0.3, -0.25) is 14.4 Å². The maximum absolute atomic E-state index is 13.8. The number of aryl methyl sites for hydroxylation is 1. The molecule has 0 aliphatic heterocycles. The molecule has 0 aliphatic rings. The predicted octanol–water partition coefficient (Wildman–Crippen LogP) is 3.16. The summed E-state index contributed by atoms with van der Waals surface area (Å²) in [5.41, 5.74) is 6.77. The van der Waals surface area contributed by atoms with Crippen molar-refractivity contribution in [1.82, 2.24) is 15.5 Å². The number of hydrogen-bond donors (Lipinski definition) is 3. The fourth-order valence-electron chi connectivity index (χ4n) is 3.77. The molecule has 0 aliphatic carbocycles. The first-order chi connectivity index (χ1) is 17.3. The number of unbranched alkanes of at least 4 members (excludes halogenated alkanes) is 2. The maximum Gasteiger partial charge on any atom is 0.408 e. The van der Waals surface area contributed by atoms with E-state index in [1.807, 2.05) is 26.0 Å². The third-order valence-electron chi connectivity index (χ3n) is 5.77. The highest BCUT2D eigenvalue weighted by atomic mass is 16.6. The molecule has 0 saturated heterocycles. The van der Waals surface area contributed by atoms with Gasteiger partial charge in [0.2, 0.25) is 17.7 Å². The van der Waals surface area contributed by atoms with Gasteiger partial charge in [-0.15, -0.1) is 0 Å². The largest absolute Gasteiger partial charge is 0.444 e. The molecule has 2 atom stereocenters. The van der Waals surface area contributed by atoms with E-state index in [1.54, 1.807) is 32.9 Å². The van der Waals surface area contributed by atoms with Crippen molar-refractivity contribution >= 4 is 23.8 Å². The highest BCUT2D eigenvalue weighted by Gasteiger charge is 2.37. The molecule has 0 heterocycles. The van der Waals surface area contributed by atoms with Crippen LogP contribution in [0.1, 0.15) is 82.5 Å². The third kappa shape index (κ3) is 10.5. The van der Waals surface area contributed by atoms with Crippen molar-refractivity contribution in [2.75, 3.05) is 13.1 Å². The van der Waals surface area contributed by atoms with Crippen molar-refractivity contribution in [2.45, 2.75) is 91.3 Å². The summed E-state index contributed by atoms with van der Waals surface area (Å²) in [5.74, 6) is -1.78. The van der Waals surface area contributed by atoms with Gasteiger partial charge in [0.1, 0.15) is 24.2 Å². The summed E-state index contributed by atoms with van der Waals surface area (Å²) >= 11 is 0. The topological polar surface area (TPSA) is 155 Å². The standard InChI is InChI=1S/C27H41N5O5/c1-7-8-9-16-30-24(34)23(20-12-10-11-18(2)19(20)3)32(17-15-28)25(35)21(13-14-22(29)33)31-26(36)37-27(4,5)6/h10-12,21,23H,7-9,13-14,16-17H2,1-6H3,(H2,29,33)(H,30,34)(H,31,36). The lowest BCUT2D eigenvalue weighted by Crippen LogP contribution is -2.53. The van der Waals surface area contributed by atoms with E-state index in [1.165, 1.54) is 0 Å². The quantitative estimate of drug-likeness (QED) is 0.271. The second-order valence-electron chi connectivity index (χ2n) is 10.0. The Morgan fingerprint density at radius 1 is 1.16 bits per heavy atom. The predicted molar refractivity (Wildman–Crippen MR) is 140 cm³/mol. The number of rotatable bonds is 13. The fourth-order valence-corrected chi connectivity index (χ4v) is 3.77. The van der Waals surface area contributed by atoms with E-state index < -0.39 is 48.0 Å². The van der Waals surface area contributed by atoms with Gasteiger partial charge in [0.15, 0.2) is 0 Å². The Morgan fingerprint density at radius 2 is 1.84 bits per heavy atom. The van der Waals surface area contributed by atoms with Crippen LogP contribution in [0.15, 0.2) is 18.2 Å². The van der Waals surface area contributed by atoms with Gasteiger partial charge in [-0.1, -0.05) is 38.0 Å². The Labute approximate surface area is 219 Å². The average molecular weight is 516 g/mol. The Kier molecular flexibility index (Phi) is 12.6. The summed E-state index contributed by atoms with van der Waals surface area (Å²) in [6.07, 6.45) is 1.52. The number of nitrogens with one attached hydrogen (secondary N) is 2. The van der Waals surface area contributed by atoms with Crippen LogP contribution in [-0.2, 0) is 19.1 Å². The lowest BCUT2D eigenvalue weighted by atomic mass is 9.94. The molecule has 37 heavy (non-hydrogen) atoms. The normalized spacial score (nSPS) is 12.6. The van der Waals surface area contributed by atoms with Gasteiger partial charge < -0.3 is 26.0 Å². The summed E-state index contributed by atoms with van der Waals surface area (Å²) in [4.78, 5) is 52.4. The van der Waals surface area contributed by atoms with Gasteiger partial charge >= 0.3 is 6.09 Å². The van der Waals surface area contributed by atoms with Crippen LogP contribution in [0.5, 0.6) is 0 Å². The van der Waals surface area contributed by atoms with E-state index in [4.69, 9.17) is 10.5 Å². The van der Waals surface area contributed by atoms with Crippen LogP contribution in [0, 0.1) is 25.2 Å². The lowest BCUT2D eigenvalue weighted by Gasteiger charge is -2.33. The number of ether oxygens (including phenoxy) is 1. The van der Waals surface area contributed by atoms with Gasteiger partial charge in [0.05, 0.1) is 6.07 Å². The van der Waals surface area contributed by atoms with Crippen LogP contribution < -0.4 is 16.4 Å². The summed E-state index contributed by atoms with van der Waals surface area (Å²) < 4.78 is 5.29. The number of primary amides is 1. The molecule has 1 aromatic rings. The van der Waals surface area contributed by atoms with E-state index in [2.05, 4.69) is 17.6 Å². The van der Waals surface area contributed by atoms with Crippen molar-refractivity contribution < 1.29 is 23.9 Å². The molecule has 0 aromatic heterocycles. The van der Waals surface area contributed by atoms with Crippen molar-refractivity contribution in [3.63, 3.8) is 0 Å². The molecular formula is C27H41N5O5. The number of nitrogens with two attached hydrogens (primary N) is 1. The molecule has 0 saturated carbocycles. The minimum absolute atomic E-state index is 0.118. The zero-order chi connectivity index (χ0) is 28.2. The van der Waals surface area contributed by atoms with Gasteiger partial charge in [-0.25, -0.2) is 4.79 Å². The number of benzene rings is 1. The molecule has 1 rings (SSSR count). The van der Waals surface area contributed by atoms with Gasteiger partial charge in [0, 0.05) is 13.0 Å². The number of amides is 4. The number of hydrogen-bond acceptors (Lipinski definition) is 6. The van der Waals surface area contributed by atoms with Gasteiger partial charge in [-0.05, 0) is 64.2 Å². The van der Waals surface area contributed by atoms with Crippen molar-refractivity contribution in [3.05, 3.63) is 34.9 Å². The van der Waals surface area contributed by atoms with Crippen LogP contribution in [0.2, 0.25) is 0 Å². The second-order valence-corrected chi connectivity index (χ2v) is 10.0. The van der Waals surface area contributed by atoms with E-state index in [-0.39, 0.29) is 12.8 Å². The Hall–Kier alpha value is -3.61. The molecule has 0 bridgehead atoms. The van der Waals surface area contributed by atoms with Crippen molar-refractivity contribution in [1.29, 1.82) is 5.26 Å². The molecule has 2 unspecified atom stereocenters. The molecule has 0 fully saturated rings. The maximum atomic E-state index is 13.8. The summed E-state index contributed by atoms with van der Waals surface area (Å²) in [7, 11) is 0. The Bertz CT molecular complexity index is 996. The average Bonchev–Trinajstić information content (AvgIpc) is 2.80. The SMILES string of the molecule is CCCCCNC(=O)C(c1cccc(C)c1C)N(CC#N)C(=O)C(CCC(N)=O)NC(=O)OC(C)(C)C. The van der Waals surface area contributed by atoms with E-state index in [0.717, 1.165) is 35.3 Å². The number of carbonyl (C=O) groups excluding carboxylic acids is 4. The van der Waals surface area contributed by atoms with E-state index in [0.29, 0.717) is 12.1 Å². The first kappa shape index (κ1) is 31.4. The van der Waals surface area contributed by atoms with Gasteiger partial charge in [0.25, 0.3) is 0 Å². The van der Waals surface area contributed by atoms with E-state index in [9.17, 15) is 24.4 Å². The molecule has 1 aromatic carbocycles. The van der Waals surface area contributed by atoms with Crippen LogP contribution >= 0.6 is 0 Å². The van der Waals surface area contributed by atoms with Crippen molar-refractivity contribution in [3.8, 4) is 6.07 Å². The zero-order valence-corrected chi connectivity index (χ0v) is 22.8. The number of alkyl carbamates (subject to hydrolysis) is 1. The molecular weight excluding hydrogens is 474 g/mol. The number of nitriles is 1. The van der Waals surface area contributed by atoms with E-state index >= 15 is 0 Å². The summed E-state index contributed by atoms with van der Waals surface area (Å²) in [5, 5.41) is 15.0. The second kappa shape index (κ2) is 14.8. The summed E-state index contributed by atoms with van der Waals surface area (Å²) in [6.45, 7) is 10.8. The smallest absolute Gasteiger partial charge is 0.408 e. The van der Waals surface area contributed by atoms with Crippen molar-refractivity contribution in [2.24, 2.45) is 5.73 Å². The van der Waals surface area contributed by atoms with Crippen LogP contribution in [-0.4, -0.2) is 53.4 Å². The molecule has 4 amide bonds. The van der Waals surface area contributed by atoms with Gasteiger partial charge in [-0.2, -0.15) is 5.26 Å². The molecule has 0 radical (unpaired) electrons. The Morgan fingerprint density at radius 3 is 2.41 bits per heavy atom. The third-order valence-corrected chi connectivity index (χ3v) is 5.77. The minimum atomic E-state index is -1.24. The molecule has 204 valence electrons. The summed E-state index contributed by atoms with van der Waals surface area (Å²) in [6, 6.07) is 5.03. The zero-order valence-electron chi connectivity index (χ0n) is 22.8. The lowest BCUT2D eigenvalue weighted by molar-refractivity contribution is -0.142. The Balaban J connectivity index is 3.47. The monoisotopic (exact) mass is 515 g/mol. The van der Waals surface area contributed by atoms with Crippen LogP contribution in [0.4, 0.5) is 4.79 Å². The number of nitrogens with zero attached hydrogens (tertiary/aromatic N) is 2. The van der Waals surface area contributed by atoms with Crippen LogP contribution in [0.25, 0.3) is 0 Å². The first-order valence-electron chi connectivity index (χ1n) is 12.6. The first-order valence-corrected chi connectivity index (χ1v) is 12.6. The molecule has 4 N–H and O–H groups in total.